The number of benzene rings is 2. The van der Waals surface area contributed by atoms with Crippen molar-refractivity contribution >= 4 is 0 Å². The lowest BCUT2D eigenvalue weighted by molar-refractivity contribution is 0.394. The quantitative estimate of drug-likeness (QED) is 0.484. The zero-order valence-electron chi connectivity index (χ0n) is 9.88. The van der Waals surface area contributed by atoms with Crippen molar-refractivity contribution in [3.63, 3.8) is 0 Å². The summed E-state index contributed by atoms with van der Waals surface area (Å²) in [5, 5.41) is 37.9. The third-order valence-corrected chi connectivity index (χ3v) is 2.84. The summed E-state index contributed by atoms with van der Waals surface area (Å²) in [6, 6.07) is 7.62. The predicted molar refractivity (Wildman–Crippen MR) is 67.1 cm³/mol. The van der Waals surface area contributed by atoms with Gasteiger partial charge in [0, 0.05) is 18.1 Å². The molecule has 0 unspecified atom stereocenters. The van der Waals surface area contributed by atoms with Crippen LogP contribution in [0.2, 0.25) is 0 Å². The van der Waals surface area contributed by atoms with Crippen molar-refractivity contribution in [2.45, 2.75) is 13.3 Å². The molecule has 0 aromatic heterocycles. The highest BCUT2D eigenvalue weighted by molar-refractivity contribution is 5.50. The average molecular weight is 246 g/mol. The summed E-state index contributed by atoms with van der Waals surface area (Å²) >= 11 is 0. The van der Waals surface area contributed by atoms with Crippen LogP contribution in [0.15, 0.2) is 30.3 Å². The number of hydrogen-bond donors (Lipinski definition) is 4. The zero-order valence-corrected chi connectivity index (χ0v) is 9.88. The Kier molecular flexibility index (Phi) is 3.02. The van der Waals surface area contributed by atoms with E-state index in [4.69, 9.17) is 0 Å². The van der Waals surface area contributed by atoms with E-state index in [1.807, 2.05) is 6.07 Å². The van der Waals surface area contributed by atoms with Gasteiger partial charge in [0.2, 0.25) is 0 Å². The first kappa shape index (κ1) is 12.1. The molecule has 0 spiro atoms. The highest BCUT2D eigenvalue weighted by atomic mass is 16.3. The predicted octanol–water partition coefficient (Wildman–Crippen LogP) is 2.41. The minimum Gasteiger partial charge on any atom is -0.508 e. The molecule has 0 amide bonds. The number of rotatable bonds is 2. The standard InChI is InChI=1S/C14H14O4/c1-8-2-3-9(5-11(8)15)4-10-6-13(17)14(18)7-12(10)16/h2-3,5-7,15-18H,4H2,1H3. The third kappa shape index (κ3) is 2.32. The lowest BCUT2D eigenvalue weighted by Crippen LogP contribution is -1.90. The van der Waals surface area contributed by atoms with E-state index in [2.05, 4.69) is 0 Å². The summed E-state index contributed by atoms with van der Waals surface area (Å²) in [5.74, 6) is -0.539. The van der Waals surface area contributed by atoms with Gasteiger partial charge in [-0.05, 0) is 30.2 Å². The fourth-order valence-corrected chi connectivity index (χ4v) is 1.74. The van der Waals surface area contributed by atoms with Crippen LogP contribution in [0.5, 0.6) is 23.0 Å². The van der Waals surface area contributed by atoms with Gasteiger partial charge in [-0.25, -0.2) is 0 Å². The molecule has 4 nitrogen and oxygen atoms in total. The molecule has 0 saturated heterocycles. The number of aryl methyl sites for hydroxylation is 1. The van der Waals surface area contributed by atoms with E-state index in [1.165, 1.54) is 6.07 Å². The average Bonchev–Trinajstić information content (AvgIpc) is 2.31. The molecular weight excluding hydrogens is 232 g/mol. The van der Waals surface area contributed by atoms with Gasteiger partial charge in [-0.3, -0.25) is 0 Å². The summed E-state index contributed by atoms with van der Waals surface area (Å²) < 4.78 is 0. The molecule has 0 heterocycles. The topological polar surface area (TPSA) is 80.9 Å². The minimum absolute atomic E-state index is 0.0923. The maximum Gasteiger partial charge on any atom is 0.161 e. The normalized spacial score (nSPS) is 10.5. The molecule has 0 fully saturated rings. The molecule has 4 N–H and O–H groups in total. The van der Waals surface area contributed by atoms with Gasteiger partial charge >= 0.3 is 0 Å². The molecule has 0 saturated carbocycles. The molecule has 94 valence electrons. The maximum atomic E-state index is 9.67. The van der Waals surface area contributed by atoms with E-state index in [0.717, 1.165) is 17.2 Å². The number of hydrogen-bond acceptors (Lipinski definition) is 4. The van der Waals surface area contributed by atoms with Crippen molar-refractivity contribution in [2.24, 2.45) is 0 Å². The molecule has 2 rings (SSSR count). The molecule has 0 aliphatic heterocycles. The lowest BCUT2D eigenvalue weighted by atomic mass is 10.0. The van der Waals surface area contributed by atoms with E-state index in [9.17, 15) is 20.4 Å². The monoisotopic (exact) mass is 246 g/mol. The third-order valence-electron chi connectivity index (χ3n) is 2.84. The maximum absolute atomic E-state index is 9.67. The molecule has 4 heteroatoms. The van der Waals surface area contributed by atoms with E-state index in [-0.39, 0.29) is 23.0 Å². The van der Waals surface area contributed by atoms with Crippen molar-refractivity contribution in [3.8, 4) is 23.0 Å². The highest BCUT2D eigenvalue weighted by Crippen LogP contribution is 2.33. The first-order chi connectivity index (χ1) is 8.47. The smallest absolute Gasteiger partial charge is 0.161 e. The van der Waals surface area contributed by atoms with Gasteiger partial charge in [-0.2, -0.15) is 0 Å². The van der Waals surface area contributed by atoms with Crippen molar-refractivity contribution in [2.75, 3.05) is 0 Å². The van der Waals surface area contributed by atoms with Gasteiger partial charge in [0.15, 0.2) is 11.5 Å². The molecule has 2 aromatic rings. The second-order valence-electron chi connectivity index (χ2n) is 4.27. The van der Waals surface area contributed by atoms with Crippen LogP contribution in [-0.2, 0) is 6.42 Å². The van der Waals surface area contributed by atoms with Crippen LogP contribution in [0.25, 0.3) is 0 Å². The van der Waals surface area contributed by atoms with Crippen LogP contribution < -0.4 is 0 Å². The van der Waals surface area contributed by atoms with Gasteiger partial charge in [-0.1, -0.05) is 12.1 Å². The molecule has 18 heavy (non-hydrogen) atoms. The minimum atomic E-state index is -0.358. The Morgan fingerprint density at radius 3 is 2.11 bits per heavy atom. The van der Waals surface area contributed by atoms with E-state index < -0.39 is 0 Å². The van der Waals surface area contributed by atoms with Crippen molar-refractivity contribution in [1.29, 1.82) is 0 Å². The molecule has 0 aliphatic rings. The van der Waals surface area contributed by atoms with Gasteiger partial charge < -0.3 is 20.4 Å². The van der Waals surface area contributed by atoms with Gasteiger partial charge in [0.1, 0.15) is 11.5 Å². The summed E-state index contributed by atoms with van der Waals surface area (Å²) in [4.78, 5) is 0. The fourth-order valence-electron chi connectivity index (χ4n) is 1.74. The van der Waals surface area contributed by atoms with Crippen molar-refractivity contribution < 1.29 is 20.4 Å². The molecule has 0 bridgehead atoms. The van der Waals surface area contributed by atoms with Crippen LogP contribution in [0.1, 0.15) is 16.7 Å². The fraction of sp³-hybridized carbons (Fsp3) is 0.143. The number of aromatic hydroxyl groups is 4. The molecule has 2 aromatic carbocycles. The van der Waals surface area contributed by atoms with Crippen LogP contribution in [-0.4, -0.2) is 20.4 Å². The van der Waals surface area contributed by atoms with Gasteiger partial charge in [0.25, 0.3) is 0 Å². The lowest BCUT2D eigenvalue weighted by Gasteiger charge is -2.08. The second kappa shape index (κ2) is 4.49. The first-order valence-corrected chi connectivity index (χ1v) is 5.49. The van der Waals surface area contributed by atoms with Crippen LogP contribution in [0.4, 0.5) is 0 Å². The van der Waals surface area contributed by atoms with Crippen LogP contribution >= 0.6 is 0 Å². The summed E-state index contributed by atoms with van der Waals surface area (Å²) in [6.07, 6.45) is 0.355. The van der Waals surface area contributed by atoms with Crippen LogP contribution in [0.3, 0.4) is 0 Å². The second-order valence-corrected chi connectivity index (χ2v) is 4.27. The molecule has 0 atom stereocenters. The van der Waals surface area contributed by atoms with Gasteiger partial charge in [0.05, 0.1) is 0 Å². The summed E-state index contributed by atoms with van der Waals surface area (Å²) in [5.41, 5.74) is 2.06. The number of phenolic OH excluding ortho intramolecular Hbond substituents is 4. The Morgan fingerprint density at radius 2 is 1.44 bits per heavy atom. The Morgan fingerprint density at radius 1 is 0.778 bits per heavy atom. The van der Waals surface area contributed by atoms with E-state index in [1.54, 1.807) is 19.1 Å². The highest BCUT2D eigenvalue weighted by Gasteiger charge is 2.09. The first-order valence-electron chi connectivity index (χ1n) is 5.49. The Balaban J connectivity index is 2.34. The van der Waals surface area contributed by atoms with Gasteiger partial charge in [-0.15, -0.1) is 0 Å². The van der Waals surface area contributed by atoms with Crippen LogP contribution in [0, 0.1) is 6.92 Å². The molecule has 0 radical (unpaired) electrons. The zero-order chi connectivity index (χ0) is 13.3. The Hall–Kier alpha value is -2.36. The summed E-state index contributed by atoms with van der Waals surface area (Å²) in [7, 11) is 0. The SMILES string of the molecule is Cc1ccc(Cc2cc(O)c(O)cc2O)cc1O. The van der Waals surface area contributed by atoms with Crippen molar-refractivity contribution in [1.82, 2.24) is 0 Å². The van der Waals surface area contributed by atoms with E-state index >= 15 is 0 Å². The number of phenols is 4. The summed E-state index contributed by atoms with van der Waals surface area (Å²) in [6.45, 7) is 1.79. The Labute approximate surface area is 104 Å². The van der Waals surface area contributed by atoms with E-state index in [0.29, 0.717) is 12.0 Å². The molecular formula is C14H14O4. The largest absolute Gasteiger partial charge is 0.508 e. The molecule has 0 aliphatic carbocycles. The van der Waals surface area contributed by atoms with Crippen molar-refractivity contribution in [3.05, 3.63) is 47.0 Å². The Bertz CT molecular complexity index is 591.